The van der Waals surface area contributed by atoms with Gasteiger partial charge in [-0.2, -0.15) is 0 Å². The van der Waals surface area contributed by atoms with Crippen LogP contribution < -0.4 is 18.8 Å². The Morgan fingerprint density at radius 1 is 0.730 bits per heavy atom. The molecule has 19 heteroatoms. The average molecular weight is 690 g/mol. The summed E-state index contributed by atoms with van der Waals surface area (Å²) in [5.41, 5.74) is -0.374. The molecule has 16 nitrogen and oxygen atoms in total. The zero-order chi connectivity index (χ0) is 27.5. The molecule has 200 valence electrons. The van der Waals surface area contributed by atoms with Crippen molar-refractivity contribution < 1.29 is 57.1 Å². The molecule has 0 heterocycles. The van der Waals surface area contributed by atoms with E-state index >= 15 is 0 Å². The molecule has 2 aromatic carbocycles. The molecule has 0 fully saturated rings. The van der Waals surface area contributed by atoms with Crippen molar-refractivity contribution in [1.29, 1.82) is 0 Å². The van der Waals surface area contributed by atoms with Crippen LogP contribution in [0.2, 0.25) is 0 Å². The Hall–Kier alpha value is -1.37. The molecule has 4 unspecified atom stereocenters. The molecule has 0 saturated carbocycles. The number of nitrogens with zero attached hydrogens (tertiary/aromatic N) is 2. The molecule has 0 aromatic heterocycles. The zero-order valence-corrected chi connectivity index (χ0v) is 25.7. The van der Waals surface area contributed by atoms with Crippen molar-refractivity contribution in [2.75, 3.05) is 13.2 Å². The second kappa shape index (κ2) is 16.6. The van der Waals surface area contributed by atoms with E-state index in [-0.39, 0.29) is 71.8 Å². The number of phosphoric ester groups is 2. The van der Waals surface area contributed by atoms with Crippen LogP contribution in [0.5, 0.6) is 11.5 Å². The third kappa shape index (κ3) is 15.6. The van der Waals surface area contributed by atoms with E-state index in [4.69, 9.17) is 10.2 Å². The summed E-state index contributed by atoms with van der Waals surface area (Å²) in [6.07, 6.45) is -1.90. The molecule has 2 aromatic rings. The summed E-state index contributed by atoms with van der Waals surface area (Å²) in [6.45, 7) is 1.86. The van der Waals surface area contributed by atoms with Crippen molar-refractivity contribution in [3.8, 4) is 11.5 Å². The number of rotatable bonds is 12. The fraction of sp³-hybridized carbons (Fsp3) is 0.333. The predicted octanol–water partition coefficient (Wildman–Crippen LogP) is 1.30. The van der Waals surface area contributed by atoms with Crippen molar-refractivity contribution in [2.45, 2.75) is 26.1 Å². The Balaban J connectivity index is 0.000000682. The molecule has 0 bridgehead atoms. The van der Waals surface area contributed by atoms with Crippen LogP contribution >= 0.6 is 15.6 Å². The van der Waals surface area contributed by atoms with Gasteiger partial charge in [0.15, 0.2) is 0 Å². The summed E-state index contributed by atoms with van der Waals surface area (Å²) in [5, 5.41) is 38.5. The standard InChI is InChI=1S/2C9H12NO7P.Ba/c2*1-7(11)6-16-18(14,15)17-9-4-2-8(3-5-9)10(12)13;/h2*2-5,7,11H,6H2,1H3,(H,14,15);/q;;+2/p-2. The second-order valence-electron chi connectivity index (χ2n) is 6.87. The van der Waals surface area contributed by atoms with Crippen LogP contribution in [0.15, 0.2) is 48.5 Å². The van der Waals surface area contributed by atoms with Crippen LogP contribution in [-0.2, 0) is 18.2 Å². The Labute approximate surface area is 250 Å². The monoisotopic (exact) mass is 690 g/mol. The summed E-state index contributed by atoms with van der Waals surface area (Å²) >= 11 is 0. The molecule has 2 N–H and O–H groups in total. The summed E-state index contributed by atoms with van der Waals surface area (Å²) in [4.78, 5) is 42.0. The molecule has 0 aliphatic carbocycles. The largest absolute Gasteiger partial charge is 2.00 e. The number of phosphoric acid groups is 2. The van der Waals surface area contributed by atoms with E-state index < -0.39 is 50.9 Å². The Kier molecular flexibility index (Phi) is 15.9. The molecule has 0 spiro atoms. The van der Waals surface area contributed by atoms with Gasteiger partial charge in [0.25, 0.3) is 11.4 Å². The molecular formula is C18H22BaN2O14P2. The van der Waals surface area contributed by atoms with Gasteiger partial charge in [-0.25, -0.2) is 0 Å². The fourth-order valence-corrected chi connectivity index (χ4v) is 3.63. The SMILES string of the molecule is CC(O)COP(=O)([O-])Oc1ccc([N+](=O)[O-])cc1.CC(O)COP(=O)([O-])Oc1ccc([N+](=O)[O-])cc1.[Ba+2]. The van der Waals surface area contributed by atoms with Gasteiger partial charge in [0.1, 0.15) is 11.5 Å². The van der Waals surface area contributed by atoms with Crippen molar-refractivity contribution in [3.05, 3.63) is 68.8 Å². The van der Waals surface area contributed by atoms with Crippen LogP contribution in [0.25, 0.3) is 0 Å². The van der Waals surface area contributed by atoms with Gasteiger partial charge in [-0.1, -0.05) is 0 Å². The van der Waals surface area contributed by atoms with E-state index in [0.717, 1.165) is 48.5 Å². The average Bonchev–Trinajstić information content (AvgIpc) is 2.77. The molecule has 0 aliphatic rings. The second-order valence-corrected chi connectivity index (χ2v) is 9.54. The van der Waals surface area contributed by atoms with Gasteiger partial charge in [0, 0.05) is 24.3 Å². The molecule has 0 aliphatic heterocycles. The van der Waals surface area contributed by atoms with Crippen LogP contribution in [0.1, 0.15) is 13.8 Å². The van der Waals surface area contributed by atoms with Crippen molar-refractivity contribution in [3.63, 3.8) is 0 Å². The number of hydrogen-bond acceptors (Lipinski definition) is 14. The summed E-state index contributed by atoms with van der Waals surface area (Å²) in [6, 6.07) is 8.94. The Morgan fingerprint density at radius 2 is 1.00 bits per heavy atom. The summed E-state index contributed by atoms with van der Waals surface area (Å²) < 4.78 is 40.3. The van der Waals surface area contributed by atoms with E-state index in [1.165, 1.54) is 13.8 Å². The maximum absolute atomic E-state index is 11.3. The minimum atomic E-state index is -4.59. The number of non-ortho nitro benzene ring substituents is 2. The Morgan fingerprint density at radius 3 is 1.22 bits per heavy atom. The smallest absolute Gasteiger partial charge is 0.746 e. The van der Waals surface area contributed by atoms with Crippen LogP contribution in [0.4, 0.5) is 11.4 Å². The van der Waals surface area contributed by atoms with E-state index in [9.17, 15) is 39.1 Å². The Bertz CT molecular complexity index is 1010. The van der Waals surface area contributed by atoms with Crippen LogP contribution in [0, 0.1) is 20.2 Å². The van der Waals surface area contributed by atoms with Gasteiger partial charge < -0.3 is 38.1 Å². The van der Waals surface area contributed by atoms with Crippen LogP contribution in [0.3, 0.4) is 0 Å². The number of nitro benzene ring substituents is 2. The van der Waals surface area contributed by atoms with Gasteiger partial charge in [0.2, 0.25) is 0 Å². The normalized spacial score (nSPS) is 15.3. The van der Waals surface area contributed by atoms with Crippen molar-refractivity contribution in [2.24, 2.45) is 0 Å². The van der Waals surface area contributed by atoms with Crippen molar-refractivity contribution >= 4 is 75.9 Å². The summed E-state index contributed by atoms with van der Waals surface area (Å²) in [7, 11) is -9.17. The van der Waals surface area contributed by atoms with Gasteiger partial charge in [0.05, 0.1) is 35.3 Å². The number of nitro groups is 2. The minimum absolute atomic E-state index is 0. The molecule has 0 saturated heterocycles. The fourth-order valence-electron chi connectivity index (χ4n) is 1.97. The predicted molar refractivity (Wildman–Crippen MR) is 124 cm³/mol. The van der Waals surface area contributed by atoms with Crippen LogP contribution in [-0.4, -0.2) is 94.4 Å². The number of aliphatic hydroxyl groups excluding tert-OH is 2. The quantitative estimate of drug-likeness (QED) is 0.138. The van der Waals surface area contributed by atoms with Gasteiger partial charge in [-0.05, 0) is 38.1 Å². The molecule has 2 rings (SSSR count). The molecule has 0 radical (unpaired) electrons. The third-order valence-electron chi connectivity index (χ3n) is 3.48. The maximum atomic E-state index is 11.3. The first kappa shape index (κ1) is 35.6. The molecular weight excluding hydrogens is 667 g/mol. The molecule has 37 heavy (non-hydrogen) atoms. The van der Waals surface area contributed by atoms with E-state index in [1.54, 1.807) is 0 Å². The van der Waals surface area contributed by atoms with E-state index in [1.807, 2.05) is 0 Å². The zero-order valence-electron chi connectivity index (χ0n) is 19.5. The number of hydrogen-bond donors (Lipinski definition) is 2. The van der Waals surface area contributed by atoms with Gasteiger partial charge >= 0.3 is 64.5 Å². The third-order valence-corrected chi connectivity index (χ3v) is 5.28. The first-order valence-corrected chi connectivity index (χ1v) is 12.7. The van der Waals surface area contributed by atoms with Gasteiger partial charge in [-0.3, -0.25) is 29.4 Å². The number of aliphatic hydroxyl groups is 2. The van der Waals surface area contributed by atoms with Gasteiger partial charge in [-0.15, -0.1) is 0 Å². The first-order chi connectivity index (χ1) is 16.6. The topological polar surface area (TPSA) is 244 Å². The maximum Gasteiger partial charge on any atom is 2.00 e. The number of benzene rings is 2. The van der Waals surface area contributed by atoms with Crippen molar-refractivity contribution in [1.82, 2.24) is 0 Å². The van der Waals surface area contributed by atoms with E-state index in [2.05, 4.69) is 18.1 Å². The first-order valence-electron chi connectivity index (χ1n) is 9.75. The summed E-state index contributed by atoms with van der Waals surface area (Å²) in [5.74, 6) is -0.214. The van der Waals surface area contributed by atoms with E-state index in [0.29, 0.717) is 0 Å². The molecule has 0 amide bonds. The molecule has 4 atom stereocenters. The minimum Gasteiger partial charge on any atom is -0.746 e.